The smallest absolute Gasteiger partial charge is 0.214 e. The van der Waals surface area contributed by atoms with Crippen molar-refractivity contribution in [2.45, 2.75) is 26.0 Å². The van der Waals surface area contributed by atoms with Gasteiger partial charge in [-0.05, 0) is 43.3 Å². The first-order valence-corrected chi connectivity index (χ1v) is 9.23. The summed E-state index contributed by atoms with van der Waals surface area (Å²) in [5, 5.41) is 0.200. The second kappa shape index (κ2) is 6.16. The summed E-state index contributed by atoms with van der Waals surface area (Å²) in [4.78, 5) is 12.6. The molecule has 1 heterocycles. The highest BCUT2D eigenvalue weighted by Crippen LogP contribution is 2.22. The summed E-state index contributed by atoms with van der Waals surface area (Å²) in [5.74, 6) is 5.26. The molecule has 1 fully saturated rings. The summed E-state index contributed by atoms with van der Waals surface area (Å²) in [5.41, 5.74) is 3.24. The van der Waals surface area contributed by atoms with Gasteiger partial charge in [-0.2, -0.15) is 11.8 Å². The van der Waals surface area contributed by atoms with Crippen molar-refractivity contribution in [1.29, 1.82) is 0 Å². The van der Waals surface area contributed by atoms with Crippen LogP contribution >= 0.6 is 11.8 Å². The molecule has 0 amide bonds. The molecule has 2 rings (SSSR count). The Morgan fingerprint density at radius 2 is 1.94 bits per heavy atom. The third-order valence-corrected chi connectivity index (χ3v) is 7.68. The van der Waals surface area contributed by atoms with E-state index in [9.17, 15) is 4.79 Å². The van der Waals surface area contributed by atoms with Crippen LogP contribution < -0.4 is 0 Å². The topological polar surface area (TPSA) is 17.1 Å². The van der Waals surface area contributed by atoms with Crippen molar-refractivity contribution in [1.82, 2.24) is 0 Å². The molecule has 18 heavy (non-hydrogen) atoms. The van der Waals surface area contributed by atoms with E-state index in [1.54, 1.807) is 0 Å². The highest BCUT2D eigenvalue weighted by atomic mass is 32.2. The lowest BCUT2D eigenvalue weighted by Gasteiger charge is -2.19. The third-order valence-electron chi connectivity index (χ3n) is 3.51. The number of aryl methyl sites for hydroxylation is 2. The lowest BCUT2D eigenvalue weighted by atomic mass is 10.0. The first kappa shape index (κ1) is 14.0. The molecule has 0 N–H and O–H groups in total. The van der Waals surface area contributed by atoms with Crippen molar-refractivity contribution < 1.29 is 4.79 Å². The molecule has 98 valence electrons. The molecule has 3 heteroatoms. The van der Waals surface area contributed by atoms with Crippen LogP contribution in [0.1, 0.15) is 28.4 Å². The van der Waals surface area contributed by atoms with E-state index in [1.807, 2.05) is 18.7 Å². The zero-order valence-electron chi connectivity index (χ0n) is 11.4. The molecule has 1 aliphatic heterocycles. The zero-order valence-corrected chi connectivity index (χ0v) is 13.0. The van der Waals surface area contributed by atoms with Crippen molar-refractivity contribution >= 4 is 28.4 Å². The molecule has 1 unspecified atom stereocenters. The van der Waals surface area contributed by atoms with E-state index in [-0.39, 0.29) is 5.25 Å². The molecule has 1 aromatic carbocycles. The van der Waals surface area contributed by atoms with Crippen LogP contribution in [0.5, 0.6) is 0 Å². The van der Waals surface area contributed by atoms with Crippen LogP contribution in [0.15, 0.2) is 18.2 Å². The van der Waals surface area contributed by atoms with Crippen LogP contribution in [0, 0.1) is 13.8 Å². The van der Waals surface area contributed by atoms with E-state index in [4.69, 9.17) is 0 Å². The van der Waals surface area contributed by atoms with Gasteiger partial charge in [-0.15, -0.1) is 0 Å². The van der Waals surface area contributed by atoms with Crippen molar-refractivity contribution in [2.24, 2.45) is 0 Å². The minimum Gasteiger partial charge on any atom is -0.288 e. The van der Waals surface area contributed by atoms with Gasteiger partial charge in [0.05, 0.1) is 0 Å². The molecular formula is C15H21OS2+. The Morgan fingerprint density at radius 3 is 2.61 bits per heavy atom. The van der Waals surface area contributed by atoms with E-state index in [2.05, 4.69) is 32.0 Å². The Labute approximate surface area is 117 Å². The van der Waals surface area contributed by atoms with Crippen LogP contribution in [0.3, 0.4) is 0 Å². The highest BCUT2D eigenvalue weighted by Gasteiger charge is 2.35. The number of Topliss-reactive ketones (excluding diaryl/α,β-unsaturated/α-hetero) is 1. The number of hydrogen-bond acceptors (Lipinski definition) is 2. The lowest BCUT2D eigenvalue weighted by molar-refractivity contribution is 0.0992. The SMILES string of the molecule is Cc1ccc(C)c(C(=O)C(C)[S+]2CCSCC2)c1. The molecule has 0 aromatic heterocycles. The number of ketones is 1. The first-order valence-electron chi connectivity index (χ1n) is 6.45. The van der Waals surface area contributed by atoms with Crippen molar-refractivity contribution in [3.63, 3.8) is 0 Å². The van der Waals surface area contributed by atoms with Gasteiger partial charge in [0.1, 0.15) is 11.5 Å². The summed E-state index contributed by atoms with van der Waals surface area (Å²) in [6.07, 6.45) is 0. The second-order valence-corrected chi connectivity index (χ2v) is 8.71. The Bertz CT molecular complexity index is 436. The molecular weight excluding hydrogens is 260 g/mol. The maximum atomic E-state index is 12.6. The number of carbonyl (C=O) groups is 1. The predicted molar refractivity (Wildman–Crippen MR) is 84.1 cm³/mol. The minimum absolute atomic E-state index is 0.200. The standard InChI is InChI=1S/C15H21OS2/c1-11-4-5-12(2)14(10-11)15(16)13(3)18-8-6-17-7-9-18/h4-5,10,13H,6-9H2,1-3H3/q+1. The van der Waals surface area contributed by atoms with Gasteiger partial charge in [0.2, 0.25) is 5.78 Å². The van der Waals surface area contributed by atoms with Gasteiger partial charge in [0.15, 0.2) is 5.25 Å². The van der Waals surface area contributed by atoms with E-state index in [1.165, 1.54) is 28.6 Å². The summed E-state index contributed by atoms with van der Waals surface area (Å²) in [7, 11) is 0.295. The van der Waals surface area contributed by atoms with Gasteiger partial charge < -0.3 is 0 Å². The number of hydrogen-bond donors (Lipinski definition) is 0. The average Bonchev–Trinajstić information content (AvgIpc) is 2.41. The molecule has 1 aromatic rings. The first-order chi connectivity index (χ1) is 8.59. The number of thioether (sulfide) groups is 1. The van der Waals surface area contributed by atoms with Gasteiger partial charge in [0, 0.05) is 17.1 Å². The van der Waals surface area contributed by atoms with E-state index >= 15 is 0 Å². The van der Waals surface area contributed by atoms with Crippen LogP contribution in [-0.2, 0) is 10.9 Å². The summed E-state index contributed by atoms with van der Waals surface area (Å²) < 4.78 is 0. The minimum atomic E-state index is 0.200. The van der Waals surface area contributed by atoms with Gasteiger partial charge in [-0.25, -0.2) is 0 Å². The van der Waals surface area contributed by atoms with Gasteiger partial charge in [-0.1, -0.05) is 17.7 Å². The van der Waals surface area contributed by atoms with Crippen LogP contribution in [0.25, 0.3) is 0 Å². The quantitative estimate of drug-likeness (QED) is 0.625. The normalized spacial score (nSPS) is 18.6. The maximum absolute atomic E-state index is 12.6. The van der Waals surface area contributed by atoms with Crippen LogP contribution in [0.2, 0.25) is 0 Å². The summed E-state index contributed by atoms with van der Waals surface area (Å²) in [6.45, 7) is 6.23. The largest absolute Gasteiger partial charge is 0.288 e. The lowest BCUT2D eigenvalue weighted by Crippen LogP contribution is -2.36. The molecule has 1 atom stereocenters. The Kier molecular flexibility index (Phi) is 4.79. The monoisotopic (exact) mass is 281 g/mol. The maximum Gasteiger partial charge on any atom is 0.214 e. The molecule has 0 bridgehead atoms. The second-order valence-electron chi connectivity index (χ2n) is 4.88. The molecule has 0 aliphatic carbocycles. The van der Waals surface area contributed by atoms with E-state index < -0.39 is 0 Å². The average molecular weight is 281 g/mol. The molecule has 0 radical (unpaired) electrons. The van der Waals surface area contributed by atoms with Crippen molar-refractivity contribution in [3.8, 4) is 0 Å². The van der Waals surface area contributed by atoms with Gasteiger partial charge >= 0.3 is 0 Å². The predicted octanol–water partition coefficient (Wildman–Crippen LogP) is 3.24. The van der Waals surface area contributed by atoms with Gasteiger partial charge in [-0.3, -0.25) is 4.79 Å². The molecule has 0 spiro atoms. The Hall–Kier alpha value is -0.410. The number of benzene rings is 1. The molecule has 1 saturated heterocycles. The molecule has 1 aliphatic rings. The zero-order chi connectivity index (χ0) is 13.1. The highest BCUT2D eigenvalue weighted by molar-refractivity contribution is 8.05. The molecule has 1 nitrogen and oxygen atoms in total. The molecule has 0 saturated carbocycles. The Morgan fingerprint density at radius 1 is 1.28 bits per heavy atom. The van der Waals surface area contributed by atoms with Gasteiger partial charge in [0.25, 0.3) is 0 Å². The van der Waals surface area contributed by atoms with Crippen molar-refractivity contribution in [3.05, 3.63) is 34.9 Å². The third kappa shape index (κ3) is 3.12. The van der Waals surface area contributed by atoms with Crippen molar-refractivity contribution in [2.75, 3.05) is 23.0 Å². The number of carbonyl (C=O) groups excluding carboxylic acids is 1. The van der Waals surface area contributed by atoms with E-state index in [0.717, 1.165) is 11.1 Å². The Balaban J connectivity index is 2.16. The van der Waals surface area contributed by atoms with E-state index in [0.29, 0.717) is 16.7 Å². The fraction of sp³-hybridized carbons (Fsp3) is 0.533. The van der Waals surface area contributed by atoms with Crippen LogP contribution in [-0.4, -0.2) is 34.0 Å². The fourth-order valence-electron chi connectivity index (χ4n) is 2.26. The summed E-state index contributed by atoms with van der Waals surface area (Å²) >= 11 is 2.02. The fourth-order valence-corrected chi connectivity index (χ4v) is 6.46. The summed E-state index contributed by atoms with van der Waals surface area (Å²) in [6, 6.07) is 6.20. The number of rotatable bonds is 3. The van der Waals surface area contributed by atoms with Crippen LogP contribution in [0.4, 0.5) is 0 Å².